The number of anilines is 1. The minimum absolute atomic E-state index is 0.0791. The number of esters is 1. The minimum atomic E-state index is -0.955. The van der Waals surface area contributed by atoms with Gasteiger partial charge >= 0.3 is 5.97 Å². The number of hydrogen-bond donors (Lipinski definition) is 2. The molecule has 6 heteroatoms. The average molecular weight is 376 g/mol. The molecule has 0 saturated carbocycles. The van der Waals surface area contributed by atoms with Gasteiger partial charge in [0, 0.05) is 11.3 Å². The fourth-order valence-electron chi connectivity index (χ4n) is 2.77. The molecular formula is C22H20N2O4. The summed E-state index contributed by atoms with van der Waals surface area (Å²) >= 11 is 0. The summed E-state index contributed by atoms with van der Waals surface area (Å²) in [5.41, 5.74) is 6.82. The van der Waals surface area contributed by atoms with Crippen molar-refractivity contribution in [3.63, 3.8) is 0 Å². The van der Waals surface area contributed by atoms with Crippen molar-refractivity contribution in [2.24, 2.45) is 5.73 Å². The molecule has 0 aromatic heterocycles. The van der Waals surface area contributed by atoms with E-state index < -0.39 is 23.9 Å². The van der Waals surface area contributed by atoms with Crippen LogP contribution in [0.4, 0.5) is 5.69 Å². The number of primary amides is 1. The Kier molecular flexibility index (Phi) is 5.69. The molecule has 3 aromatic rings. The third-order valence-corrected chi connectivity index (χ3v) is 4.28. The van der Waals surface area contributed by atoms with Gasteiger partial charge in [-0.1, -0.05) is 42.5 Å². The van der Waals surface area contributed by atoms with Crippen molar-refractivity contribution in [3.8, 4) is 0 Å². The summed E-state index contributed by atoms with van der Waals surface area (Å²) in [6.45, 7) is 1.51. The van der Waals surface area contributed by atoms with Gasteiger partial charge in [0.15, 0.2) is 6.10 Å². The van der Waals surface area contributed by atoms with Crippen LogP contribution >= 0.6 is 0 Å². The van der Waals surface area contributed by atoms with Crippen LogP contribution in [0.1, 0.15) is 22.8 Å². The zero-order valence-electron chi connectivity index (χ0n) is 15.3. The van der Waals surface area contributed by atoms with E-state index in [0.717, 1.165) is 16.3 Å². The number of ether oxygens (including phenoxy) is 1. The number of amides is 2. The summed E-state index contributed by atoms with van der Waals surface area (Å²) < 4.78 is 5.24. The number of benzene rings is 3. The van der Waals surface area contributed by atoms with E-state index in [2.05, 4.69) is 5.32 Å². The SMILES string of the molecule is CC(OC(=O)Cc1ccc2ccccc2c1)C(=O)Nc1ccc(C(N)=O)cc1. The first-order chi connectivity index (χ1) is 13.4. The van der Waals surface area contributed by atoms with E-state index >= 15 is 0 Å². The molecule has 0 aliphatic carbocycles. The highest BCUT2D eigenvalue weighted by molar-refractivity contribution is 5.97. The van der Waals surface area contributed by atoms with Gasteiger partial charge in [-0.05, 0) is 47.5 Å². The molecule has 0 aliphatic rings. The molecule has 1 unspecified atom stereocenters. The van der Waals surface area contributed by atoms with Crippen molar-refractivity contribution in [2.45, 2.75) is 19.4 Å². The second-order valence-corrected chi connectivity index (χ2v) is 6.42. The highest BCUT2D eigenvalue weighted by Gasteiger charge is 2.18. The Morgan fingerprint density at radius 3 is 2.32 bits per heavy atom. The van der Waals surface area contributed by atoms with Crippen molar-refractivity contribution in [2.75, 3.05) is 5.32 Å². The fraction of sp³-hybridized carbons (Fsp3) is 0.136. The Balaban J connectivity index is 1.56. The van der Waals surface area contributed by atoms with Gasteiger partial charge in [0.1, 0.15) is 0 Å². The quantitative estimate of drug-likeness (QED) is 0.646. The molecule has 3 N–H and O–H groups in total. The predicted octanol–water partition coefficient (Wildman–Crippen LogP) is 3.05. The molecule has 0 radical (unpaired) electrons. The molecule has 2 amide bonds. The Bertz CT molecular complexity index is 1030. The fourth-order valence-corrected chi connectivity index (χ4v) is 2.77. The van der Waals surface area contributed by atoms with Crippen molar-refractivity contribution in [1.82, 2.24) is 0 Å². The summed E-state index contributed by atoms with van der Waals surface area (Å²) in [5, 5.41) is 4.77. The van der Waals surface area contributed by atoms with Gasteiger partial charge in [-0.25, -0.2) is 0 Å². The Morgan fingerprint density at radius 2 is 1.64 bits per heavy atom. The van der Waals surface area contributed by atoms with E-state index in [1.54, 1.807) is 12.1 Å². The molecule has 0 fully saturated rings. The monoisotopic (exact) mass is 376 g/mol. The van der Waals surface area contributed by atoms with Gasteiger partial charge in [0.2, 0.25) is 5.91 Å². The van der Waals surface area contributed by atoms with Crippen LogP contribution in [0.5, 0.6) is 0 Å². The summed E-state index contributed by atoms with van der Waals surface area (Å²) in [4.78, 5) is 35.5. The van der Waals surface area contributed by atoms with Crippen molar-refractivity contribution < 1.29 is 19.1 Å². The van der Waals surface area contributed by atoms with Crippen LogP contribution in [0.15, 0.2) is 66.7 Å². The topological polar surface area (TPSA) is 98.5 Å². The third kappa shape index (κ3) is 4.73. The summed E-state index contributed by atoms with van der Waals surface area (Å²) in [5.74, 6) is -1.49. The normalized spacial score (nSPS) is 11.6. The van der Waals surface area contributed by atoms with E-state index in [9.17, 15) is 14.4 Å². The minimum Gasteiger partial charge on any atom is -0.452 e. The second-order valence-electron chi connectivity index (χ2n) is 6.42. The zero-order valence-corrected chi connectivity index (χ0v) is 15.3. The predicted molar refractivity (Wildman–Crippen MR) is 107 cm³/mol. The van der Waals surface area contributed by atoms with Crippen molar-refractivity contribution in [1.29, 1.82) is 0 Å². The lowest BCUT2D eigenvalue weighted by molar-refractivity contribution is -0.152. The number of nitrogens with one attached hydrogen (secondary N) is 1. The summed E-state index contributed by atoms with van der Waals surface area (Å²) in [7, 11) is 0. The molecule has 28 heavy (non-hydrogen) atoms. The second kappa shape index (κ2) is 8.35. The van der Waals surface area contributed by atoms with Crippen molar-refractivity contribution in [3.05, 3.63) is 77.9 Å². The van der Waals surface area contributed by atoms with Crippen LogP contribution in [-0.2, 0) is 20.7 Å². The number of carbonyl (C=O) groups is 3. The van der Waals surface area contributed by atoms with Gasteiger partial charge in [-0.2, -0.15) is 0 Å². The number of rotatable bonds is 6. The highest BCUT2D eigenvalue weighted by Crippen LogP contribution is 2.16. The van der Waals surface area contributed by atoms with Crippen LogP contribution in [-0.4, -0.2) is 23.9 Å². The highest BCUT2D eigenvalue weighted by atomic mass is 16.5. The van der Waals surface area contributed by atoms with E-state index in [-0.39, 0.29) is 6.42 Å². The molecule has 0 aliphatic heterocycles. The lowest BCUT2D eigenvalue weighted by Crippen LogP contribution is -2.30. The molecule has 0 heterocycles. The van der Waals surface area contributed by atoms with Crippen LogP contribution in [0.3, 0.4) is 0 Å². The van der Waals surface area contributed by atoms with Crippen LogP contribution in [0, 0.1) is 0 Å². The van der Waals surface area contributed by atoms with Crippen LogP contribution in [0.25, 0.3) is 10.8 Å². The van der Waals surface area contributed by atoms with Gasteiger partial charge in [-0.15, -0.1) is 0 Å². The largest absolute Gasteiger partial charge is 0.452 e. The Labute approximate surface area is 162 Å². The number of nitrogens with two attached hydrogens (primary N) is 1. The van der Waals surface area contributed by atoms with Gasteiger partial charge in [0.25, 0.3) is 5.91 Å². The van der Waals surface area contributed by atoms with Gasteiger partial charge in [0.05, 0.1) is 6.42 Å². The van der Waals surface area contributed by atoms with Crippen molar-refractivity contribution >= 4 is 34.2 Å². The maximum Gasteiger partial charge on any atom is 0.311 e. The molecule has 0 spiro atoms. The van der Waals surface area contributed by atoms with E-state index in [1.165, 1.54) is 19.1 Å². The van der Waals surface area contributed by atoms with Crippen LogP contribution < -0.4 is 11.1 Å². The molecule has 1 atom stereocenters. The first-order valence-electron chi connectivity index (χ1n) is 8.80. The molecule has 3 rings (SSSR count). The first kappa shape index (κ1) is 19.1. The van der Waals surface area contributed by atoms with E-state index in [1.807, 2.05) is 42.5 Å². The molecule has 6 nitrogen and oxygen atoms in total. The molecule has 0 bridgehead atoms. The molecule has 142 valence electrons. The maximum atomic E-state index is 12.2. The Morgan fingerprint density at radius 1 is 0.964 bits per heavy atom. The number of hydrogen-bond acceptors (Lipinski definition) is 4. The molecule has 3 aromatic carbocycles. The first-order valence-corrected chi connectivity index (χ1v) is 8.80. The third-order valence-electron chi connectivity index (χ3n) is 4.28. The lowest BCUT2D eigenvalue weighted by atomic mass is 10.1. The Hall–Kier alpha value is -3.67. The molecular weight excluding hydrogens is 356 g/mol. The van der Waals surface area contributed by atoms with Gasteiger partial charge < -0.3 is 15.8 Å². The smallest absolute Gasteiger partial charge is 0.311 e. The van der Waals surface area contributed by atoms with Crippen LogP contribution in [0.2, 0.25) is 0 Å². The number of fused-ring (bicyclic) bond motifs is 1. The zero-order chi connectivity index (χ0) is 20.1. The summed E-state index contributed by atoms with van der Waals surface area (Å²) in [6, 6.07) is 19.8. The van der Waals surface area contributed by atoms with E-state index in [4.69, 9.17) is 10.5 Å². The summed E-state index contributed by atoms with van der Waals surface area (Å²) in [6.07, 6.45) is -0.876. The standard InChI is InChI=1S/C22H20N2O4/c1-14(22(27)24-19-10-8-17(9-11-19)21(23)26)28-20(25)13-15-6-7-16-4-2-3-5-18(16)12-15/h2-12,14H,13H2,1H3,(H2,23,26)(H,24,27). The lowest BCUT2D eigenvalue weighted by Gasteiger charge is -2.14. The number of carbonyl (C=O) groups excluding carboxylic acids is 3. The average Bonchev–Trinajstić information content (AvgIpc) is 2.68. The molecule has 0 saturated heterocycles. The van der Waals surface area contributed by atoms with Gasteiger partial charge in [-0.3, -0.25) is 14.4 Å². The maximum absolute atomic E-state index is 12.2. The van der Waals surface area contributed by atoms with E-state index in [0.29, 0.717) is 11.3 Å².